The Kier molecular flexibility index (Phi) is 6.95. The van der Waals surface area contributed by atoms with E-state index in [0.29, 0.717) is 42.4 Å². The zero-order chi connectivity index (χ0) is 23.2. The third-order valence-corrected chi connectivity index (χ3v) is 5.53. The lowest BCUT2D eigenvalue weighted by atomic mass is 10.0. The van der Waals surface area contributed by atoms with Crippen LogP contribution in [0.4, 0.5) is 0 Å². The van der Waals surface area contributed by atoms with Gasteiger partial charge in [0.1, 0.15) is 6.54 Å². The molecule has 0 saturated carbocycles. The molecule has 0 aliphatic rings. The van der Waals surface area contributed by atoms with Crippen molar-refractivity contribution in [2.75, 3.05) is 20.3 Å². The number of fused-ring (bicyclic) bond motifs is 1. The number of ether oxygens (including phenoxy) is 1. The number of nitrogens with zero attached hydrogens (tertiary/aromatic N) is 4. The highest BCUT2D eigenvalue weighted by Gasteiger charge is 2.20. The molecule has 0 aliphatic heterocycles. The van der Waals surface area contributed by atoms with Gasteiger partial charge in [0, 0.05) is 43.5 Å². The Balaban J connectivity index is 1.78. The standard InChI is InChI=1S/C25H27N5O3/c1-18-21(16-19-10-5-3-6-11-19)24(32)30-25(27-23(28-30)20-12-7-4-8-13-20)29(18)17-22(31)26-14-9-15-33-2/h3-8,10-13H,9,14-17H2,1-2H3,(H,26,31). The van der Waals surface area contributed by atoms with E-state index in [1.165, 1.54) is 4.52 Å². The number of nitrogens with one attached hydrogen (secondary N) is 1. The number of methoxy groups -OCH3 is 1. The first kappa shape index (κ1) is 22.4. The second kappa shape index (κ2) is 10.2. The second-order valence-electron chi connectivity index (χ2n) is 7.83. The summed E-state index contributed by atoms with van der Waals surface area (Å²) in [5.74, 6) is 0.632. The SMILES string of the molecule is COCCCNC(=O)Cn1c(C)c(Cc2ccccc2)c(=O)n2nc(-c3ccccc3)nc12. The van der Waals surface area contributed by atoms with Crippen LogP contribution in [0.15, 0.2) is 65.5 Å². The van der Waals surface area contributed by atoms with Gasteiger partial charge >= 0.3 is 0 Å². The van der Waals surface area contributed by atoms with Crippen LogP contribution in [-0.4, -0.2) is 45.3 Å². The second-order valence-corrected chi connectivity index (χ2v) is 7.83. The summed E-state index contributed by atoms with van der Waals surface area (Å²) in [6, 6.07) is 19.3. The van der Waals surface area contributed by atoms with Gasteiger partial charge in [-0.2, -0.15) is 9.50 Å². The van der Waals surface area contributed by atoms with Crippen molar-refractivity contribution in [3.8, 4) is 11.4 Å². The molecule has 1 N–H and O–H groups in total. The third-order valence-electron chi connectivity index (χ3n) is 5.53. The van der Waals surface area contributed by atoms with E-state index in [4.69, 9.17) is 4.74 Å². The molecule has 1 amide bonds. The molecule has 0 fully saturated rings. The molecule has 2 aromatic carbocycles. The average Bonchev–Trinajstić information content (AvgIpc) is 3.29. The van der Waals surface area contributed by atoms with Gasteiger partial charge in [0.15, 0.2) is 5.82 Å². The quantitative estimate of drug-likeness (QED) is 0.400. The summed E-state index contributed by atoms with van der Waals surface area (Å²) < 4.78 is 8.12. The molecule has 4 aromatic rings. The average molecular weight is 446 g/mol. The first-order valence-corrected chi connectivity index (χ1v) is 10.9. The zero-order valence-electron chi connectivity index (χ0n) is 18.8. The molecular formula is C25H27N5O3. The highest BCUT2D eigenvalue weighted by atomic mass is 16.5. The van der Waals surface area contributed by atoms with E-state index in [9.17, 15) is 9.59 Å². The summed E-state index contributed by atoms with van der Waals surface area (Å²) in [4.78, 5) is 30.7. The number of aromatic nitrogens is 4. The molecule has 0 bridgehead atoms. The largest absolute Gasteiger partial charge is 0.385 e. The first-order valence-electron chi connectivity index (χ1n) is 10.9. The maximum absolute atomic E-state index is 13.4. The maximum atomic E-state index is 13.4. The van der Waals surface area contributed by atoms with Crippen LogP contribution in [0.1, 0.15) is 23.2 Å². The van der Waals surface area contributed by atoms with Gasteiger partial charge in [-0.25, -0.2) is 0 Å². The number of hydrogen-bond acceptors (Lipinski definition) is 5. The minimum absolute atomic E-state index is 0.0390. The van der Waals surface area contributed by atoms with Gasteiger partial charge in [0.2, 0.25) is 11.7 Å². The van der Waals surface area contributed by atoms with E-state index in [0.717, 1.165) is 17.5 Å². The van der Waals surface area contributed by atoms with Gasteiger partial charge < -0.3 is 14.6 Å². The third kappa shape index (κ3) is 5.01. The molecule has 0 aliphatic carbocycles. The summed E-state index contributed by atoms with van der Waals surface area (Å²) in [7, 11) is 1.63. The van der Waals surface area contributed by atoms with Gasteiger partial charge in [0.25, 0.3) is 5.56 Å². The van der Waals surface area contributed by atoms with Gasteiger partial charge in [-0.15, -0.1) is 5.10 Å². The Bertz CT molecular complexity index is 1300. The zero-order valence-corrected chi connectivity index (χ0v) is 18.8. The van der Waals surface area contributed by atoms with Gasteiger partial charge in [-0.1, -0.05) is 60.7 Å². The number of rotatable bonds is 9. The number of carbonyl (C=O) groups is 1. The molecule has 2 aromatic heterocycles. The van der Waals surface area contributed by atoms with Crippen molar-refractivity contribution >= 4 is 11.7 Å². The van der Waals surface area contributed by atoms with Crippen molar-refractivity contribution in [1.29, 1.82) is 0 Å². The normalized spacial score (nSPS) is 11.1. The Morgan fingerprint density at radius 1 is 1.06 bits per heavy atom. The smallest absolute Gasteiger partial charge is 0.279 e. The summed E-state index contributed by atoms with van der Waals surface area (Å²) in [5, 5.41) is 7.41. The number of benzene rings is 2. The Morgan fingerprint density at radius 2 is 1.76 bits per heavy atom. The molecule has 0 unspecified atom stereocenters. The predicted octanol–water partition coefficient (Wildman–Crippen LogP) is 2.61. The highest BCUT2D eigenvalue weighted by molar-refractivity contribution is 5.76. The summed E-state index contributed by atoms with van der Waals surface area (Å²) in [5.41, 5.74) is 2.88. The molecule has 170 valence electrons. The Labute approximate surface area is 191 Å². The molecule has 0 saturated heterocycles. The molecule has 0 atom stereocenters. The van der Waals surface area contributed by atoms with E-state index in [2.05, 4.69) is 15.4 Å². The van der Waals surface area contributed by atoms with Crippen LogP contribution in [0.5, 0.6) is 0 Å². The Hall–Kier alpha value is -3.78. The minimum Gasteiger partial charge on any atom is -0.385 e. The summed E-state index contributed by atoms with van der Waals surface area (Å²) in [6.07, 6.45) is 1.17. The van der Waals surface area contributed by atoms with Gasteiger partial charge in [0.05, 0.1) is 0 Å². The molecule has 8 nitrogen and oxygen atoms in total. The Morgan fingerprint density at radius 3 is 2.45 bits per heavy atom. The highest BCUT2D eigenvalue weighted by Crippen LogP contribution is 2.18. The fraction of sp³-hybridized carbons (Fsp3) is 0.280. The molecule has 33 heavy (non-hydrogen) atoms. The van der Waals surface area contributed by atoms with Crippen LogP contribution in [0.3, 0.4) is 0 Å². The molecule has 8 heteroatoms. The lowest BCUT2D eigenvalue weighted by molar-refractivity contribution is -0.121. The van der Waals surface area contributed by atoms with E-state index in [1.54, 1.807) is 11.7 Å². The first-order chi connectivity index (χ1) is 16.1. The van der Waals surface area contributed by atoms with Crippen molar-refractivity contribution in [2.24, 2.45) is 0 Å². The fourth-order valence-corrected chi connectivity index (χ4v) is 3.76. The summed E-state index contributed by atoms with van der Waals surface area (Å²) in [6.45, 7) is 2.99. The molecular weight excluding hydrogens is 418 g/mol. The fourth-order valence-electron chi connectivity index (χ4n) is 3.76. The van der Waals surface area contributed by atoms with Crippen LogP contribution < -0.4 is 10.9 Å². The number of amides is 1. The number of hydrogen-bond donors (Lipinski definition) is 1. The minimum atomic E-state index is -0.224. The monoisotopic (exact) mass is 445 g/mol. The van der Waals surface area contributed by atoms with Crippen LogP contribution in [0, 0.1) is 6.92 Å². The maximum Gasteiger partial charge on any atom is 0.279 e. The molecule has 2 heterocycles. The predicted molar refractivity (Wildman–Crippen MR) is 126 cm³/mol. The van der Waals surface area contributed by atoms with Crippen LogP contribution in [-0.2, 0) is 22.5 Å². The van der Waals surface area contributed by atoms with E-state index in [1.807, 2.05) is 67.6 Å². The molecule has 0 spiro atoms. The van der Waals surface area contributed by atoms with E-state index in [-0.39, 0.29) is 18.0 Å². The van der Waals surface area contributed by atoms with Crippen molar-refractivity contribution < 1.29 is 9.53 Å². The molecule has 0 radical (unpaired) electrons. The lowest BCUT2D eigenvalue weighted by Gasteiger charge is -2.15. The van der Waals surface area contributed by atoms with Crippen molar-refractivity contribution in [1.82, 2.24) is 24.5 Å². The van der Waals surface area contributed by atoms with Crippen molar-refractivity contribution in [3.63, 3.8) is 0 Å². The van der Waals surface area contributed by atoms with Crippen molar-refractivity contribution in [2.45, 2.75) is 26.3 Å². The van der Waals surface area contributed by atoms with Crippen LogP contribution in [0.2, 0.25) is 0 Å². The topological polar surface area (TPSA) is 90.5 Å². The van der Waals surface area contributed by atoms with E-state index >= 15 is 0 Å². The number of carbonyl (C=O) groups excluding carboxylic acids is 1. The van der Waals surface area contributed by atoms with Crippen LogP contribution >= 0.6 is 0 Å². The van der Waals surface area contributed by atoms with Crippen molar-refractivity contribution in [3.05, 3.63) is 87.8 Å². The molecule has 4 rings (SSSR count). The lowest BCUT2D eigenvalue weighted by Crippen LogP contribution is -2.33. The van der Waals surface area contributed by atoms with E-state index < -0.39 is 0 Å². The van der Waals surface area contributed by atoms with Crippen LogP contribution in [0.25, 0.3) is 17.2 Å². The summed E-state index contributed by atoms with van der Waals surface area (Å²) >= 11 is 0. The van der Waals surface area contributed by atoms with Gasteiger partial charge in [-0.3, -0.25) is 9.59 Å². The van der Waals surface area contributed by atoms with Gasteiger partial charge in [-0.05, 0) is 18.9 Å².